The maximum absolute atomic E-state index is 11.7. The smallest absolute Gasteiger partial charge is 0.310 e. The van der Waals surface area contributed by atoms with Crippen molar-refractivity contribution in [1.29, 1.82) is 0 Å². The molecule has 4 nitrogen and oxygen atoms in total. The summed E-state index contributed by atoms with van der Waals surface area (Å²) in [5, 5.41) is 9.28. The van der Waals surface area contributed by atoms with Gasteiger partial charge in [-0.05, 0) is 24.2 Å². The minimum atomic E-state index is -0.840. The molecule has 0 spiro atoms. The summed E-state index contributed by atoms with van der Waals surface area (Å²) in [7, 11) is 0. The summed E-state index contributed by atoms with van der Waals surface area (Å²) in [6.45, 7) is 0. The SMILES string of the molecule is O=C(O)[C@@H]1[C@@H]2C=C[C@@H]3C[C@@H]4OC(=O)[C@@H]1[C@@H]4[C@H]23. The first-order valence-corrected chi connectivity index (χ1v) is 5.80. The van der Waals surface area contributed by atoms with E-state index in [9.17, 15) is 14.7 Å². The number of allylic oxidation sites excluding steroid dienone is 2. The molecule has 4 heteroatoms. The largest absolute Gasteiger partial charge is 0.481 e. The fraction of sp³-hybridized carbons (Fsp3) is 0.667. The lowest BCUT2D eigenvalue weighted by molar-refractivity contribution is -0.153. The second-order valence-electron chi connectivity index (χ2n) is 5.38. The minimum absolute atomic E-state index is 0.00991. The molecule has 0 bridgehead atoms. The molecule has 16 heavy (non-hydrogen) atoms. The summed E-state index contributed by atoms with van der Waals surface area (Å²) in [5.74, 6) is -1.02. The van der Waals surface area contributed by atoms with Crippen LogP contribution in [0, 0.1) is 35.5 Å². The molecule has 4 aliphatic rings. The molecule has 0 radical (unpaired) electrons. The van der Waals surface area contributed by atoms with Crippen LogP contribution in [0.4, 0.5) is 0 Å². The van der Waals surface area contributed by atoms with Gasteiger partial charge in [-0.3, -0.25) is 9.59 Å². The van der Waals surface area contributed by atoms with E-state index in [1.165, 1.54) is 0 Å². The van der Waals surface area contributed by atoms with E-state index in [1.54, 1.807) is 0 Å². The molecule has 0 amide bonds. The van der Waals surface area contributed by atoms with Gasteiger partial charge in [-0.15, -0.1) is 0 Å². The number of carboxylic acid groups (broad SMARTS) is 1. The third-order valence-corrected chi connectivity index (χ3v) is 4.94. The highest BCUT2D eigenvalue weighted by Gasteiger charge is 2.68. The number of carbonyl (C=O) groups is 2. The van der Waals surface area contributed by atoms with Gasteiger partial charge >= 0.3 is 11.9 Å². The number of aliphatic carboxylic acids is 1. The average molecular weight is 220 g/mol. The minimum Gasteiger partial charge on any atom is -0.481 e. The van der Waals surface area contributed by atoms with Gasteiger partial charge in [0.2, 0.25) is 0 Å². The number of rotatable bonds is 1. The fourth-order valence-electron chi connectivity index (χ4n) is 4.55. The molecule has 1 N–H and O–H groups in total. The maximum Gasteiger partial charge on any atom is 0.310 e. The molecule has 4 rings (SSSR count). The van der Waals surface area contributed by atoms with Gasteiger partial charge in [0, 0.05) is 5.92 Å². The second kappa shape index (κ2) is 2.50. The van der Waals surface area contributed by atoms with Crippen LogP contribution >= 0.6 is 0 Å². The van der Waals surface area contributed by atoms with Gasteiger partial charge < -0.3 is 9.84 Å². The predicted molar refractivity (Wildman–Crippen MR) is 52.2 cm³/mol. The Hall–Kier alpha value is -1.32. The highest BCUT2D eigenvalue weighted by atomic mass is 16.6. The highest BCUT2D eigenvalue weighted by Crippen LogP contribution is 2.63. The lowest BCUT2D eigenvalue weighted by Gasteiger charge is -2.16. The van der Waals surface area contributed by atoms with E-state index in [1.807, 2.05) is 6.08 Å². The molecule has 84 valence electrons. The molecule has 0 aromatic carbocycles. The number of hydrogen-bond acceptors (Lipinski definition) is 3. The standard InChI is InChI=1S/C12H12O4/c13-11(14)8-5-2-1-4-3-6-9(7(4)5)10(8)12(15)16-6/h1-2,4-10H,3H2,(H,13,14)/t4-,5-,6+,7+,8-,9+,10+/m1/s1. The summed E-state index contributed by atoms with van der Waals surface area (Å²) in [5.41, 5.74) is 0. The summed E-state index contributed by atoms with van der Waals surface area (Å²) in [6.07, 6.45) is 5.05. The van der Waals surface area contributed by atoms with Gasteiger partial charge in [-0.25, -0.2) is 0 Å². The van der Waals surface area contributed by atoms with Gasteiger partial charge in [-0.1, -0.05) is 12.2 Å². The van der Waals surface area contributed by atoms with E-state index < -0.39 is 11.9 Å². The first-order valence-electron chi connectivity index (χ1n) is 5.80. The number of hydrogen-bond donors (Lipinski definition) is 1. The van der Waals surface area contributed by atoms with E-state index in [2.05, 4.69) is 6.08 Å². The van der Waals surface area contributed by atoms with Crippen molar-refractivity contribution < 1.29 is 19.4 Å². The molecule has 7 atom stereocenters. The van der Waals surface area contributed by atoms with Crippen molar-refractivity contribution in [2.75, 3.05) is 0 Å². The van der Waals surface area contributed by atoms with Gasteiger partial charge in [0.05, 0.1) is 11.8 Å². The Kier molecular flexibility index (Phi) is 1.37. The Bertz CT molecular complexity index is 427. The summed E-state index contributed by atoms with van der Waals surface area (Å²) >= 11 is 0. The number of esters is 1. The fourth-order valence-corrected chi connectivity index (χ4v) is 4.55. The molecular formula is C12H12O4. The first-order chi connectivity index (χ1) is 7.68. The number of ether oxygens (including phenoxy) is 1. The quantitative estimate of drug-likeness (QED) is 0.521. The van der Waals surface area contributed by atoms with E-state index in [-0.39, 0.29) is 29.8 Å². The zero-order valence-electron chi connectivity index (χ0n) is 8.58. The Morgan fingerprint density at radius 2 is 2.19 bits per heavy atom. The van der Waals surface area contributed by atoms with Crippen LogP contribution in [0.3, 0.4) is 0 Å². The molecular weight excluding hydrogens is 208 g/mol. The van der Waals surface area contributed by atoms with Crippen LogP contribution in [0.2, 0.25) is 0 Å². The van der Waals surface area contributed by atoms with Crippen molar-refractivity contribution in [3.05, 3.63) is 12.2 Å². The average Bonchev–Trinajstić information content (AvgIpc) is 2.84. The van der Waals surface area contributed by atoms with Crippen LogP contribution in [0.1, 0.15) is 6.42 Å². The van der Waals surface area contributed by atoms with Gasteiger partial charge in [0.25, 0.3) is 0 Å². The Morgan fingerprint density at radius 1 is 1.38 bits per heavy atom. The van der Waals surface area contributed by atoms with Crippen molar-refractivity contribution >= 4 is 11.9 Å². The van der Waals surface area contributed by atoms with Crippen molar-refractivity contribution in [2.24, 2.45) is 35.5 Å². The molecule has 2 saturated carbocycles. The second-order valence-corrected chi connectivity index (χ2v) is 5.38. The zero-order valence-corrected chi connectivity index (χ0v) is 8.58. The van der Waals surface area contributed by atoms with Crippen LogP contribution < -0.4 is 0 Å². The molecule has 1 saturated heterocycles. The number of carboxylic acids is 1. The van der Waals surface area contributed by atoms with Crippen LogP contribution in [-0.4, -0.2) is 23.1 Å². The first kappa shape index (κ1) is 8.79. The topological polar surface area (TPSA) is 63.6 Å². The molecule has 3 aliphatic carbocycles. The lowest BCUT2D eigenvalue weighted by atomic mass is 9.87. The zero-order chi connectivity index (χ0) is 11.0. The summed E-state index contributed by atoms with van der Waals surface area (Å²) < 4.78 is 5.32. The molecule has 3 fully saturated rings. The molecule has 0 unspecified atom stereocenters. The van der Waals surface area contributed by atoms with Gasteiger partial charge in [0.15, 0.2) is 0 Å². The third-order valence-electron chi connectivity index (χ3n) is 4.94. The van der Waals surface area contributed by atoms with E-state index in [0.29, 0.717) is 11.8 Å². The predicted octanol–water partition coefficient (Wildman–Crippen LogP) is 0.681. The van der Waals surface area contributed by atoms with Crippen LogP contribution in [0.25, 0.3) is 0 Å². The monoisotopic (exact) mass is 220 g/mol. The van der Waals surface area contributed by atoms with Crippen LogP contribution in [-0.2, 0) is 14.3 Å². The van der Waals surface area contributed by atoms with Crippen molar-refractivity contribution in [1.82, 2.24) is 0 Å². The van der Waals surface area contributed by atoms with E-state index in [0.717, 1.165) is 6.42 Å². The highest BCUT2D eigenvalue weighted by molar-refractivity contribution is 5.85. The normalized spacial score (nSPS) is 55.5. The van der Waals surface area contributed by atoms with E-state index in [4.69, 9.17) is 4.74 Å². The molecule has 1 heterocycles. The van der Waals surface area contributed by atoms with Crippen LogP contribution in [0.5, 0.6) is 0 Å². The van der Waals surface area contributed by atoms with Crippen LogP contribution in [0.15, 0.2) is 12.2 Å². The molecule has 0 aromatic heterocycles. The molecule has 0 aromatic rings. The molecule has 1 aliphatic heterocycles. The van der Waals surface area contributed by atoms with Gasteiger partial charge in [-0.2, -0.15) is 0 Å². The maximum atomic E-state index is 11.7. The summed E-state index contributed by atoms with van der Waals surface area (Å²) in [4.78, 5) is 23.0. The summed E-state index contributed by atoms with van der Waals surface area (Å²) in [6, 6.07) is 0. The van der Waals surface area contributed by atoms with Crippen molar-refractivity contribution in [3.8, 4) is 0 Å². The Balaban J connectivity index is 1.85. The van der Waals surface area contributed by atoms with Gasteiger partial charge in [0.1, 0.15) is 6.10 Å². The Morgan fingerprint density at radius 3 is 2.94 bits per heavy atom. The van der Waals surface area contributed by atoms with E-state index >= 15 is 0 Å². The third kappa shape index (κ3) is 0.761. The van der Waals surface area contributed by atoms with Crippen molar-refractivity contribution in [2.45, 2.75) is 12.5 Å². The van der Waals surface area contributed by atoms with Crippen molar-refractivity contribution in [3.63, 3.8) is 0 Å². The number of carbonyl (C=O) groups excluding carboxylic acids is 1. The Labute approximate surface area is 92.3 Å². The lowest BCUT2D eigenvalue weighted by Crippen LogP contribution is -2.28.